The topological polar surface area (TPSA) is 83.7 Å². The first-order valence-electron chi connectivity index (χ1n) is 10.4. The Balaban J connectivity index is 1.61. The standard InChI is InChI=1S/C25H23N3O3/c1-25(2)13-19-23(20(29)14-25)24(27-18-9-4-3-8-17(18)26-19)22-11-10-21(31-22)15-6-5-7-16(12-15)28-30/h3-12,24,26-27H,13-14H2,1-2H3. The molecule has 0 saturated carbocycles. The highest BCUT2D eigenvalue weighted by molar-refractivity contribution is 6.01. The molecule has 31 heavy (non-hydrogen) atoms. The molecule has 2 N–H and O–H groups in total. The largest absolute Gasteiger partial charge is 0.459 e. The zero-order chi connectivity index (χ0) is 21.6. The Morgan fingerprint density at radius 2 is 1.81 bits per heavy atom. The molecule has 0 amide bonds. The second-order valence-corrected chi connectivity index (χ2v) is 8.92. The summed E-state index contributed by atoms with van der Waals surface area (Å²) in [6.45, 7) is 4.24. The van der Waals surface area contributed by atoms with Crippen LogP contribution in [0.4, 0.5) is 17.1 Å². The molecular weight excluding hydrogens is 390 g/mol. The van der Waals surface area contributed by atoms with Gasteiger partial charge in [0.2, 0.25) is 0 Å². The zero-order valence-electron chi connectivity index (χ0n) is 17.4. The summed E-state index contributed by atoms with van der Waals surface area (Å²) in [4.78, 5) is 24.2. The second-order valence-electron chi connectivity index (χ2n) is 8.92. The van der Waals surface area contributed by atoms with Gasteiger partial charge in [-0.15, -0.1) is 4.91 Å². The minimum Gasteiger partial charge on any atom is -0.459 e. The van der Waals surface area contributed by atoms with Crippen LogP contribution >= 0.6 is 0 Å². The maximum absolute atomic E-state index is 13.3. The Bertz CT molecular complexity index is 1220. The lowest BCUT2D eigenvalue weighted by molar-refractivity contribution is -0.118. The number of benzene rings is 2. The number of allylic oxidation sites excluding steroid dienone is 1. The number of nitroso groups, excluding NO2 is 1. The van der Waals surface area contributed by atoms with Crippen molar-refractivity contribution in [3.63, 3.8) is 0 Å². The fourth-order valence-corrected chi connectivity index (χ4v) is 4.48. The smallest absolute Gasteiger partial charge is 0.163 e. The van der Waals surface area contributed by atoms with E-state index in [1.165, 1.54) is 0 Å². The van der Waals surface area contributed by atoms with E-state index in [2.05, 4.69) is 29.7 Å². The van der Waals surface area contributed by atoms with Crippen molar-refractivity contribution in [3.05, 3.63) is 82.6 Å². The van der Waals surface area contributed by atoms with Crippen LogP contribution in [-0.4, -0.2) is 5.78 Å². The van der Waals surface area contributed by atoms with Crippen molar-refractivity contribution < 1.29 is 9.21 Å². The van der Waals surface area contributed by atoms with E-state index in [0.29, 0.717) is 23.6 Å². The lowest BCUT2D eigenvalue weighted by Crippen LogP contribution is -2.31. The van der Waals surface area contributed by atoms with Crippen molar-refractivity contribution in [2.24, 2.45) is 10.6 Å². The molecule has 3 aromatic rings. The summed E-state index contributed by atoms with van der Waals surface area (Å²) in [6, 6.07) is 18.3. The maximum Gasteiger partial charge on any atom is 0.163 e. The van der Waals surface area contributed by atoms with E-state index < -0.39 is 6.04 Å². The maximum atomic E-state index is 13.3. The van der Waals surface area contributed by atoms with Gasteiger partial charge in [0.25, 0.3) is 0 Å². The highest BCUT2D eigenvalue weighted by Crippen LogP contribution is 2.46. The minimum absolute atomic E-state index is 0.108. The molecule has 2 aromatic carbocycles. The number of rotatable bonds is 3. The van der Waals surface area contributed by atoms with E-state index in [9.17, 15) is 9.70 Å². The van der Waals surface area contributed by atoms with Gasteiger partial charge in [-0.3, -0.25) is 4.79 Å². The van der Waals surface area contributed by atoms with Crippen LogP contribution < -0.4 is 10.6 Å². The van der Waals surface area contributed by atoms with Crippen LogP contribution in [0.2, 0.25) is 0 Å². The highest BCUT2D eigenvalue weighted by Gasteiger charge is 2.39. The van der Waals surface area contributed by atoms with Crippen molar-refractivity contribution in [1.29, 1.82) is 0 Å². The number of fused-ring (bicyclic) bond motifs is 1. The first-order chi connectivity index (χ1) is 14.9. The Kier molecular flexibility index (Phi) is 4.50. The van der Waals surface area contributed by atoms with Gasteiger partial charge in [0.1, 0.15) is 23.2 Å². The molecule has 2 aliphatic rings. The summed E-state index contributed by atoms with van der Waals surface area (Å²) < 4.78 is 6.21. The number of anilines is 2. The number of carbonyl (C=O) groups is 1. The monoisotopic (exact) mass is 413 g/mol. The molecule has 6 heteroatoms. The van der Waals surface area contributed by atoms with Gasteiger partial charge in [0, 0.05) is 23.3 Å². The molecule has 5 rings (SSSR count). The van der Waals surface area contributed by atoms with E-state index in [4.69, 9.17) is 4.42 Å². The molecule has 6 nitrogen and oxygen atoms in total. The average molecular weight is 413 g/mol. The average Bonchev–Trinajstić information content (AvgIpc) is 3.17. The highest BCUT2D eigenvalue weighted by atomic mass is 16.3. The predicted octanol–water partition coefficient (Wildman–Crippen LogP) is 6.57. The van der Waals surface area contributed by atoms with Crippen molar-refractivity contribution >= 4 is 22.8 Å². The molecule has 0 saturated heterocycles. The van der Waals surface area contributed by atoms with Crippen molar-refractivity contribution in [2.45, 2.75) is 32.7 Å². The number of para-hydroxylation sites is 2. The van der Waals surface area contributed by atoms with Gasteiger partial charge in [-0.2, -0.15) is 0 Å². The van der Waals surface area contributed by atoms with Crippen LogP contribution in [0.15, 0.2) is 81.5 Å². The summed E-state index contributed by atoms with van der Waals surface area (Å²) >= 11 is 0. The molecule has 1 aliphatic heterocycles. The third-order valence-corrected chi connectivity index (χ3v) is 5.87. The molecule has 1 aliphatic carbocycles. The Hall–Kier alpha value is -3.67. The van der Waals surface area contributed by atoms with Crippen LogP contribution in [0.1, 0.15) is 38.5 Å². The first kappa shape index (κ1) is 19.3. The van der Waals surface area contributed by atoms with Crippen molar-refractivity contribution in [3.8, 4) is 11.3 Å². The third-order valence-electron chi connectivity index (χ3n) is 5.87. The molecule has 0 radical (unpaired) electrons. The van der Waals surface area contributed by atoms with Gasteiger partial charge >= 0.3 is 0 Å². The van der Waals surface area contributed by atoms with Gasteiger partial charge < -0.3 is 15.1 Å². The fourth-order valence-electron chi connectivity index (χ4n) is 4.48. The minimum atomic E-state index is -0.407. The Morgan fingerprint density at radius 3 is 2.61 bits per heavy atom. The number of hydrogen-bond donors (Lipinski definition) is 2. The molecule has 0 spiro atoms. The molecule has 1 atom stereocenters. The summed E-state index contributed by atoms with van der Waals surface area (Å²) in [7, 11) is 0. The van der Waals surface area contributed by atoms with Gasteiger partial charge in [-0.1, -0.05) is 38.1 Å². The van der Waals surface area contributed by atoms with Gasteiger partial charge in [0.05, 0.1) is 11.4 Å². The predicted molar refractivity (Wildman–Crippen MR) is 121 cm³/mol. The molecule has 1 unspecified atom stereocenters. The zero-order valence-corrected chi connectivity index (χ0v) is 17.4. The van der Waals surface area contributed by atoms with Gasteiger partial charge in [-0.05, 0) is 53.4 Å². The van der Waals surface area contributed by atoms with E-state index in [0.717, 1.165) is 34.6 Å². The number of furan rings is 1. The van der Waals surface area contributed by atoms with Crippen LogP contribution in [0.3, 0.4) is 0 Å². The fraction of sp³-hybridized carbons (Fsp3) is 0.240. The lowest BCUT2D eigenvalue weighted by atomic mass is 9.74. The van der Waals surface area contributed by atoms with E-state index in [1.54, 1.807) is 18.2 Å². The summed E-state index contributed by atoms with van der Waals surface area (Å²) in [5, 5.41) is 10.0. The van der Waals surface area contributed by atoms with Gasteiger partial charge in [0.15, 0.2) is 5.78 Å². The second kappa shape index (κ2) is 7.23. The van der Waals surface area contributed by atoms with Crippen molar-refractivity contribution in [1.82, 2.24) is 0 Å². The Labute approximate surface area is 180 Å². The first-order valence-corrected chi connectivity index (χ1v) is 10.4. The molecule has 1 aromatic heterocycles. The molecule has 0 bridgehead atoms. The molecular formula is C25H23N3O3. The number of ketones is 1. The number of nitrogens with zero attached hydrogens (tertiary/aromatic N) is 1. The molecule has 2 heterocycles. The van der Waals surface area contributed by atoms with Crippen molar-refractivity contribution in [2.75, 3.05) is 10.6 Å². The summed E-state index contributed by atoms with van der Waals surface area (Å²) in [6.07, 6.45) is 1.27. The summed E-state index contributed by atoms with van der Waals surface area (Å²) in [5.41, 5.74) is 4.52. The van der Waals surface area contributed by atoms with E-state index in [-0.39, 0.29) is 11.2 Å². The van der Waals surface area contributed by atoms with Crippen LogP contribution in [-0.2, 0) is 4.79 Å². The molecule has 0 fully saturated rings. The SMILES string of the molecule is CC1(C)CC(=O)C2=C(C1)Nc1ccccc1NC2c1ccc(-c2cccc(N=O)c2)o1. The van der Waals surface area contributed by atoms with Gasteiger partial charge in [-0.25, -0.2) is 0 Å². The molecule has 156 valence electrons. The lowest BCUT2D eigenvalue weighted by Gasteiger charge is -2.33. The number of carbonyl (C=O) groups excluding carboxylic acids is 1. The van der Waals surface area contributed by atoms with Crippen LogP contribution in [0, 0.1) is 10.3 Å². The van der Waals surface area contributed by atoms with E-state index >= 15 is 0 Å². The Morgan fingerprint density at radius 1 is 1.00 bits per heavy atom. The quantitative estimate of drug-likeness (QED) is 0.475. The normalized spacial score (nSPS) is 19.5. The van der Waals surface area contributed by atoms with Crippen LogP contribution in [0.25, 0.3) is 11.3 Å². The summed E-state index contributed by atoms with van der Waals surface area (Å²) in [5.74, 6) is 1.39. The number of Topliss-reactive ketones (excluding diaryl/α,β-unsaturated/α-hetero) is 1. The number of nitrogens with one attached hydrogen (secondary N) is 2. The van der Waals surface area contributed by atoms with E-state index in [1.807, 2.05) is 42.5 Å². The third kappa shape index (κ3) is 3.54. The van der Waals surface area contributed by atoms with Crippen LogP contribution in [0.5, 0.6) is 0 Å². The number of hydrogen-bond acceptors (Lipinski definition) is 6.